The van der Waals surface area contributed by atoms with Crippen LogP contribution in [-0.2, 0) is 9.59 Å². The van der Waals surface area contributed by atoms with Gasteiger partial charge in [0.05, 0.1) is 26.2 Å². The van der Waals surface area contributed by atoms with Crippen LogP contribution in [-0.4, -0.2) is 62.4 Å². The van der Waals surface area contributed by atoms with Gasteiger partial charge in [-0.05, 0) is 24.3 Å². The van der Waals surface area contributed by atoms with E-state index in [4.69, 9.17) is 0 Å². The Balaban J connectivity index is 1.81. The van der Waals surface area contributed by atoms with Gasteiger partial charge in [0.15, 0.2) is 6.54 Å². The fraction of sp³-hybridized carbons (Fsp3) is 0.438. The number of nitrogens with zero attached hydrogens (tertiary/aromatic N) is 1. The molecule has 1 fully saturated rings. The van der Waals surface area contributed by atoms with E-state index in [1.54, 1.807) is 43.1 Å². The zero-order valence-electron chi connectivity index (χ0n) is 13.5. The lowest BCUT2D eigenvalue weighted by molar-refractivity contribution is -0.895. The molecule has 2 rings (SSSR count). The highest BCUT2D eigenvalue weighted by Gasteiger charge is 2.23. The number of anilines is 1. The van der Waals surface area contributed by atoms with Crippen LogP contribution in [0.1, 0.15) is 17.3 Å². The van der Waals surface area contributed by atoms with Gasteiger partial charge in [0.25, 0.3) is 11.8 Å². The Labute approximate surface area is 135 Å². The summed E-state index contributed by atoms with van der Waals surface area (Å²) in [4.78, 5) is 37.8. The summed E-state index contributed by atoms with van der Waals surface area (Å²) in [5.41, 5.74) is 1.22. The molecule has 0 saturated carbocycles. The number of nitrogens with one attached hydrogen (secondary N) is 3. The molecule has 1 aliphatic rings. The molecule has 7 heteroatoms. The molecule has 23 heavy (non-hydrogen) atoms. The molecule has 7 nitrogen and oxygen atoms in total. The number of rotatable bonds is 4. The molecule has 3 amide bonds. The van der Waals surface area contributed by atoms with E-state index in [1.165, 1.54) is 4.90 Å². The van der Waals surface area contributed by atoms with Crippen molar-refractivity contribution in [3.8, 4) is 0 Å². The molecule has 0 aromatic heterocycles. The van der Waals surface area contributed by atoms with Gasteiger partial charge >= 0.3 is 0 Å². The van der Waals surface area contributed by atoms with E-state index in [0.717, 1.165) is 13.1 Å². The van der Waals surface area contributed by atoms with E-state index >= 15 is 0 Å². The zero-order chi connectivity index (χ0) is 16.8. The van der Waals surface area contributed by atoms with Gasteiger partial charge in [-0.3, -0.25) is 14.4 Å². The first-order chi connectivity index (χ1) is 11.0. The Morgan fingerprint density at radius 2 is 1.74 bits per heavy atom. The van der Waals surface area contributed by atoms with Crippen LogP contribution >= 0.6 is 0 Å². The Kier molecular flexibility index (Phi) is 5.70. The second-order valence-electron chi connectivity index (χ2n) is 5.64. The van der Waals surface area contributed by atoms with Gasteiger partial charge in [-0.15, -0.1) is 0 Å². The molecule has 1 heterocycles. The lowest BCUT2D eigenvalue weighted by Gasteiger charge is -2.31. The van der Waals surface area contributed by atoms with Crippen LogP contribution in [0.15, 0.2) is 24.3 Å². The predicted molar refractivity (Wildman–Crippen MR) is 86.3 cm³/mol. The number of hydrogen-bond acceptors (Lipinski definition) is 3. The van der Waals surface area contributed by atoms with Crippen molar-refractivity contribution in [2.45, 2.75) is 6.92 Å². The Hall–Kier alpha value is -2.41. The summed E-state index contributed by atoms with van der Waals surface area (Å²) in [6, 6.07) is 6.77. The predicted octanol–water partition coefficient (Wildman–Crippen LogP) is -1.27. The number of amides is 3. The quantitative estimate of drug-likeness (QED) is 0.647. The van der Waals surface area contributed by atoms with Crippen LogP contribution < -0.4 is 15.5 Å². The molecule has 0 atom stereocenters. The van der Waals surface area contributed by atoms with Crippen molar-refractivity contribution in [2.24, 2.45) is 0 Å². The van der Waals surface area contributed by atoms with Crippen LogP contribution in [0.2, 0.25) is 0 Å². The topological polar surface area (TPSA) is 82.9 Å². The molecule has 0 spiro atoms. The van der Waals surface area contributed by atoms with Crippen LogP contribution in [0.25, 0.3) is 0 Å². The third kappa shape index (κ3) is 4.79. The molecular formula is C16H23N4O3+. The minimum absolute atomic E-state index is 0.0658. The van der Waals surface area contributed by atoms with Gasteiger partial charge in [-0.2, -0.15) is 0 Å². The molecule has 0 unspecified atom stereocenters. The van der Waals surface area contributed by atoms with Crippen molar-refractivity contribution < 1.29 is 19.3 Å². The highest BCUT2D eigenvalue weighted by atomic mass is 16.2. The summed E-state index contributed by atoms with van der Waals surface area (Å²) in [5.74, 6) is -0.135. The number of carbonyl (C=O) groups excluding carboxylic acids is 3. The number of hydrogen-bond donors (Lipinski definition) is 3. The van der Waals surface area contributed by atoms with Crippen molar-refractivity contribution >= 4 is 23.4 Å². The first-order valence-corrected chi connectivity index (χ1v) is 7.70. The molecule has 1 aromatic carbocycles. The van der Waals surface area contributed by atoms with E-state index in [2.05, 4.69) is 10.6 Å². The minimum Gasteiger partial charge on any atom is -0.355 e. The van der Waals surface area contributed by atoms with Crippen LogP contribution in [0.4, 0.5) is 5.69 Å². The van der Waals surface area contributed by atoms with Gasteiger partial charge in [-0.1, -0.05) is 0 Å². The highest BCUT2D eigenvalue weighted by Crippen LogP contribution is 2.09. The Bertz CT molecular complexity index is 577. The standard InChI is InChI=1S/C16H22N4O3/c1-12(21)20-9-7-19(8-10-20)11-15(22)18-14-5-3-13(4-6-14)16(23)17-2/h3-6H,7-11H2,1-2H3,(H,17,23)(H,18,22)/p+1. The average molecular weight is 319 g/mol. The highest BCUT2D eigenvalue weighted by molar-refractivity contribution is 5.95. The fourth-order valence-corrected chi connectivity index (χ4v) is 2.60. The molecular weight excluding hydrogens is 296 g/mol. The van der Waals surface area contributed by atoms with Crippen LogP contribution in [0, 0.1) is 0 Å². The minimum atomic E-state index is -0.157. The van der Waals surface area contributed by atoms with Gasteiger partial charge in [0.2, 0.25) is 5.91 Å². The third-order valence-corrected chi connectivity index (χ3v) is 3.98. The first kappa shape index (κ1) is 17.0. The molecule has 3 N–H and O–H groups in total. The second kappa shape index (κ2) is 7.73. The largest absolute Gasteiger partial charge is 0.355 e. The summed E-state index contributed by atoms with van der Waals surface area (Å²) >= 11 is 0. The summed E-state index contributed by atoms with van der Waals surface area (Å²) in [6.45, 7) is 4.89. The van der Waals surface area contributed by atoms with E-state index < -0.39 is 0 Å². The summed E-state index contributed by atoms with van der Waals surface area (Å²) in [7, 11) is 1.58. The Morgan fingerprint density at radius 3 is 2.26 bits per heavy atom. The lowest BCUT2D eigenvalue weighted by atomic mass is 10.2. The number of benzene rings is 1. The van der Waals surface area contributed by atoms with Crippen molar-refractivity contribution in [2.75, 3.05) is 45.1 Å². The van der Waals surface area contributed by atoms with Crippen molar-refractivity contribution in [1.82, 2.24) is 10.2 Å². The van der Waals surface area contributed by atoms with Crippen LogP contribution in [0.3, 0.4) is 0 Å². The molecule has 0 aliphatic carbocycles. The Morgan fingerprint density at radius 1 is 1.13 bits per heavy atom. The molecule has 0 bridgehead atoms. The average Bonchev–Trinajstić information content (AvgIpc) is 2.55. The number of piperazine rings is 1. The molecule has 1 saturated heterocycles. The summed E-state index contributed by atoms with van der Waals surface area (Å²) in [6.07, 6.45) is 0. The van der Waals surface area contributed by atoms with E-state index in [1.807, 2.05) is 0 Å². The van der Waals surface area contributed by atoms with Gasteiger partial charge in [0, 0.05) is 25.2 Å². The molecule has 1 aromatic rings. The fourth-order valence-electron chi connectivity index (χ4n) is 2.60. The number of quaternary nitrogens is 1. The van der Waals surface area contributed by atoms with Crippen molar-refractivity contribution in [3.63, 3.8) is 0 Å². The maximum Gasteiger partial charge on any atom is 0.279 e. The third-order valence-electron chi connectivity index (χ3n) is 3.98. The number of carbonyl (C=O) groups is 3. The normalized spacial score (nSPS) is 15.1. The van der Waals surface area contributed by atoms with Gasteiger partial charge in [-0.25, -0.2) is 0 Å². The van der Waals surface area contributed by atoms with Gasteiger partial charge in [0.1, 0.15) is 0 Å². The van der Waals surface area contributed by atoms with Gasteiger partial charge < -0.3 is 20.4 Å². The van der Waals surface area contributed by atoms with E-state index in [-0.39, 0.29) is 17.7 Å². The summed E-state index contributed by atoms with van der Waals surface area (Å²) in [5, 5.41) is 5.38. The van der Waals surface area contributed by atoms with E-state index in [0.29, 0.717) is 30.9 Å². The molecule has 1 aliphatic heterocycles. The van der Waals surface area contributed by atoms with Crippen LogP contribution in [0.5, 0.6) is 0 Å². The second-order valence-corrected chi connectivity index (χ2v) is 5.64. The lowest BCUT2D eigenvalue weighted by Crippen LogP contribution is -3.15. The smallest absolute Gasteiger partial charge is 0.279 e. The molecule has 124 valence electrons. The zero-order valence-corrected chi connectivity index (χ0v) is 13.5. The maximum atomic E-state index is 12.1. The SMILES string of the molecule is CNC(=O)c1ccc(NC(=O)C[NH+]2CCN(C(C)=O)CC2)cc1. The van der Waals surface area contributed by atoms with Crippen molar-refractivity contribution in [3.05, 3.63) is 29.8 Å². The van der Waals surface area contributed by atoms with Crippen molar-refractivity contribution in [1.29, 1.82) is 0 Å². The van der Waals surface area contributed by atoms with E-state index in [9.17, 15) is 14.4 Å². The maximum absolute atomic E-state index is 12.1. The summed E-state index contributed by atoms with van der Waals surface area (Å²) < 4.78 is 0. The monoisotopic (exact) mass is 319 g/mol. The first-order valence-electron chi connectivity index (χ1n) is 7.70. The molecule has 0 radical (unpaired) electrons.